The van der Waals surface area contributed by atoms with Crippen LogP contribution in [0.3, 0.4) is 0 Å². The number of hydrogen-bond acceptors (Lipinski definition) is 3. The van der Waals surface area contributed by atoms with Gasteiger partial charge in [0.05, 0.1) is 6.61 Å². The number of carboxylic acids is 1. The molecule has 124 valence electrons. The van der Waals surface area contributed by atoms with Crippen molar-refractivity contribution in [1.29, 1.82) is 0 Å². The van der Waals surface area contributed by atoms with Crippen LogP contribution in [-0.4, -0.2) is 22.8 Å². The van der Waals surface area contributed by atoms with Gasteiger partial charge in [-0.2, -0.15) is 0 Å². The van der Waals surface area contributed by atoms with Crippen molar-refractivity contribution in [2.24, 2.45) is 0 Å². The molecule has 0 aliphatic heterocycles. The van der Waals surface area contributed by atoms with Gasteiger partial charge >= 0.3 is 5.97 Å². The summed E-state index contributed by atoms with van der Waals surface area (Å²) >= 11 is 0. The topological polar surface area (TPSA) is 66.8 Å². The lowest BCUT2D eigenvalue weighted by Gasteiger charge is -2.10. The molecule has 0 atom stereocenters. The van der Waals surface area contributed by atoms with Crippen LogP contribution in [0.25, 0.3) is 0 Å². The number of aliphatic carboxylic acids is 1. The van der Waals surface area contributed by atoms with Crippen LogP contribution in [0, 0.1) is 0 Å². The number of unbranched alkanes of at least 4 members (excludes halogenated alkanes) is 6. The minimum Gasteiger partial charge on any atom is -0.482 e. The number of carboxylic acid groups (broad SMARTS) is 1. The molecule has 2 N–H and O–H groups in total. The Morgan fingerprint density at radius 2 is 1.77 bits per heavy atom. The third kappa shape index (κ3) is 7.46. The van der Waals surface area contributed by atoms with E-state index in [1.165, 1.54) is 44.1 Å². The number of benzene rings is 1. The van der Waals surface area contributed by atoms with Gasteiger partial charge < -0.3 is 14.9 Å². The maximum Gasteiger partial charge on any atom is 0.341 e. The Morgan fingerprint density at radius 1 is 1.09 bits per heavy atom. The SMILES string of the molecule is CCCCCCCCCc1ccc(OCC(=O)O)c(CO)c1. The van der Waals surface area contributed by atoms with Crippen molar-refractivity contribution in [3.63, 3.8) is 0 Å². The highest BCUT2D eigenvalue weighted by molar-refractivity contribution is 5.68. The zero-order valence-corrected chi connectivity index (χ0v) is 13.5. The van der Waals surface area contributed by atoms with Crippen molar-refractivity contribution < 1.29 is 19.7 Å². The maximum absolute atomic E-state index is 10.5. The highest BCUT2D eigenvalue weighted by atomic mass is 16.5. The number of aliphatic hydroxyl groups excluding tert-OH is 1. The van der Waals surface area contributed by atoms with Crippen LogP contribution in [0.1, 0.15) is 63.0 Å². The molecule has 4 heteroatoms. The molecule has 0 spiro atoms. The second-order valence-corrected chi connectivity index (χ2v) is 5.65. The zero-order chi connectivity index (χ0) is 16.2. The van der Waals surface area contributed by atoms with Crippen molar-refractivity contribution >= 4 is 5.97 Å². The molecule has 0 aliphatic carbocycles. The molecule has 0 unspecified atom stereocenters. The van der Waals surface area contributed by atoms with Crippen LogP contribution in [0.2, 0.25) is 0 Å². The lowest BCUT2D eigenvalue weighted by molar-refractivity contribution is -0.139. The quantitative estimate of drug-likeness (QED) is 0.574. The van der Waals surface area contributed by atoms with E-state index in [2.05, 4.69) is 6.92 Å². The average molecular weight is 308 g/mol. The highest BCUT2D eigenvalue weighted by Crippen LogP contribution is 2.21. The Labute approximate surface area is 133 Å². The Balaban J connectivity index is 2.36. The van der Waals surface area contributed by atoms with Gasteiger partial charge in [0, 0.05) is 5.56 Å². The number of hydrogen-bond donors (Lipinski definition) is 2. The standard InChI is InChI=1S/C18H28O4/c1-2-3-4-5-6-7-8-9-15-10-11-17(16(12-15)13-19)22-14-18(20)21/h10-12,19H,2-9,13-14H2,1H3,(H,20,21). The first kappa shape index (κ1) is 18.5. The molecular weight excluding hydrogens is 280 g/mol. The predicted octanol–water partition coefficient (Wildman–Crippen LogP) is 3.94. The molecule has 0 saturated carbocycles. The van der Waals surface area contributed by atoms with Gasteiger partial charge in [-0.1, -0.05) is 51.5 Å². The highest BCUT2D eigenvalue weighted by Gasteiger charge is 2.06. The molecular formula is C18H28O4. The van der Waals surface area contributed by atoms with Crippen molar-refractivity contribution in [2.75, 3.05) is 6.61 Å². The normalized spacial score (nSPS) is 10.6. The fraction of sp³-hybridized carbons (Fsp3) is 0.611. The number of aliphatic hydroxyl groups is 1. The second kappa shape index (κ2) is 11.1. The molecule has 0 aromatic heterocycles. The summed E-state index contributed by atoms with van der Waals surface area (Å²) in [5, 5.41) is 18.0. The monoisotopic (exact) mass is 308 g/mol. The molecule has 0 bridgehead atoms. The van der Waals surface area contributed by atoms with Crippen molar-refractivity contribution in [1.82, 2.24) is 0 Å². The summed E-state index contributed by atoms with van der Waals surface area (Å²) in [4.78, 5) is 10.5. The van der Waals surface area contributed by atoms with Gasteiger partial charge in [0.2, 0.25) is 0 Å². The van der Waals surface area contributed by atoms with Gasteiger partial charge in [0.15, 0.2) is 6.61 Å². The Hall–Kier alpha value is -1.55. The molecule has 1 aromatic rings. The van der Waals surface area contributed by atoms with E-state index in [0.29, 0.717) is 11.3 Å². The smallest absolute Gasteiger partial charge is 0.341 e. The van der Waals surface area contributed by atoms with E-state index in [0.717, 1.165) is 12.8 Å². The molecule has 1 rings (SSSR count). The molecule has 1 aromatic carbocycles. The Kier molecular flexibility index (Phi) is 9.31. The average Bonchev–Trinajstić information content (AvgIpc) is 2.52. The van der Waals surface area contributed by atoms with E-state index in [1.807, 2.05) is 12.1 Å². The molecule has 0 saturated heterocycles. The number of aryl methyl sites for hydroxylation is 1. The summed E-state index contributed by atoms with van der Waals surface area (Å²) in [6.45, 7) is 1.70. The third-order valence-corrected chi connectivity index (χ3v) is 3.72. The summed E-state index contributed by atoms with van der Waals surface area (Å²) < 4.78 is 5.17. The molecule has 0 fully saturated rings. The van der Waals surface area contributed by atoms with Crippen molar-refractivity contribution in [2.45, 2.75) is 64.9 Å². The summed E-state index contributed by atoms with van der Waals surface area (Å²) in [7, 11) is 0. The molecule has 0 radical (unpaired) electrons. The van der Waals surface area contributed by atoms with Crippen LogP contribution in [-0.2, 0) is 17.8 Å². The number of rotatable bonds is 12. The van der Waals surface area contributed by atoms with Gasteiger partial charge in [0.25, 0.3) is 0 Å². The second-order valence-electron chi connectivity index (χ2n) is 5.65. The third-order valence-electron chi connectivity index (χ3n) is 3.72. The summed E-state index contributed by atoms with van der Waals surface area (Å²) in [6.07, 6.45) is 9.91. The number of carbonyl (C=O) groups is 1. The number of ether oxygens (including phenoxy) is 1. The molecule has 0 aliphatic rings. The van der Waals surface area contributed by atoms with Crippen LogP contribution in [0.15, 0.2) is 18.2 Å². The first-order valence-corrected chi connectivity index (χ1v) is 8.24. The van der Waals surface area contributed by atoms with Gasteiger partial charge in [-0.3, -0.25) is 0 Å². The summed E-state index contributed by atoms with van der Waals surface area (Å²) in [5.74, 6) is -0.566. The predicted molar refractivity (Wildman–Crippen MR) is 87.2 cm³/mol. The van der Waals surface area contributed by atoms with E-state index in [4.69, 9.17) is 9.84 Å². The fourth-order valence-electron chi connectivity index (χ4n) is 2.48. The van der Waals surface area contributed by atoms with Gasteiger partial charge in [-0.05, 0) is 30.5 Å². The maximum atomic E-state index is 10.5. The van der Waals surface area contributed by atoms with Gasteiger partial charge in [-0.15, -0.1) is 0 Å². The minimum absolute atomic E-state index is 0.139. The fourth-order valence-corrected chi connectivity index (χ4v) is 2.48. The van der Waals surface area contributed by atoms with E-state index >= 15 is 0 Å². The van der Waals surface area contributed by atoms with E-state index < -0.39 is 5.97 Å². The lowest BCUT2D eigenvalue weighted by Crippen LogP contribution is -2.10. The van der Waals surface area contributed by atoms with E-state index in [1.54, 1.807) is 6.07 Å². The summed E-state index contributed by atoms with van der Waals surface area (Å²) in [6, 6.07) is 5.62. The first-order chi connectivity index (χ1) is 10.7. The largest absolute Gasteiger partial charge is 0.482 e. The Bertz CT molecular complexity index is 443. The van der Waals surface area contributed by atoms with E-state index in [9.17, 15) is 9.90 Å². The molecule has 0 amide bonds. The Morgan fingerprint density at radius 3 is 2.41 bits per heavy atom. The van der Waals surface area contributed by atoms with Crippen LogP contribution in [0.5, 0.6) is 5.75 Å². The van der Waals surface area contributed by atoms with Crippen molar-refractivity contribution in [3.05, 3.63) is 29.3 Å². The van der Waals surface area contributed by atoms with Crippen molar-refractivity contribution in [3.8, 4) is 5.75 Å². The van der Waals surface area contributed by atoms with Gasteiger partial charge in [-0.25, -0.2) is 4.79 Å². The minimum atomic E-state index is -1.02. The summed E-state index contributed by atoms with van der Waals surface area (Å²) in [5.41, 5.74) is 1.82. The lowest BCUT2D eigenvalue weighted by atomic mass is 10.0. The zero-order valence-electron chi connectivity index (χ0n) is 13.5. The van der Waals surface area contributed by atoms with E-state index in [-0.39, 0.29) is 13.2 Å². The van der Waals surface area contributed by atoms with Crippen LogP contribution in [0.4, 0.5) is 0 Å². The molecule has 4 nitrogen and oxygen atoms in total. The van der Waals surface area contributed by atoms with Gasteiger partial charge in [0.1, 0.15) is 5.75 Å². The molecule has 0 heterocycles. The van der Waals surface area contributed by atoms with Crippen LogP contribution < -0.4 is 4.74 Å². The molecule has 22 heavy (non-hydrogen) atoms. The first-order valence-electron chi connectivity index (χ1n) is 8.24. The van der Waals surface area contributed by atoms with Crippen LogP contribution >= 0.6 is 0 Å².